The SMILES string of the molecule is Cc1nc2nc([C@@H]3CCO[C@@H](c4cnn(C5CC5)c4)C3)nc(-c3ccc(C(F)F)cc3F)c2nc1C. The number of nitrogens with zero attached hydrogens (tertiary/aromatic N) is 6. The number of benzene rings is 1. The molecule has 6 rings (SSSR count). The summed E-state index contributed by atoms with van der Waals surface area (Å²) in [5, 5.41) is 4.49. The van der Waals surface area contributed by atoms with E-state index in [-0.39, 0.29) is 28.8 Å². The maximum atomic E-state index is 15.1. The lowest BCUT2D eigenvalue weighted by atomic mass is 9.92. The largest absolute Gasteiger partial charge is 0.373 e. The van der Waals surface area contributed by atoms with E-state index in [1.165, 1.54) is 12.1 Å². The van der Waals surface area contributed by atoms with Crippen LogP contribution in [0.15, 0.2) is 30.6 Å². The summed E-state index contributed by atoms with van der Waals surface area (Å²) in [5.74, 6) is -0.311. The Morgan fingerprint density at radius 3 is 2.58 bits per heavy atom. The minimum absolute atomic E-state index is 0.0528. The molecule has 36 heavy (non-hydrogen) atoms. The van der Waals surface area contributed by atoms with Gasteiger partial charge in [-0.1, -0.05) is 6.07 Å². The first-order chi connectivity index (χ1) is 17.4. The minimum atomic E-state index is -2.76. The lowest BCUT2D eigenvalue weighted by molar-refractivity contribution is 0.00396. The zero-order valence-corrected chi connectivity index (χ0v) is 20.0. The standard InChI is InChI=1S/C26H25F3N6O/c1-13-14(2)32-26-23(31-13)22(19-6-3-15(24(28)29)9-20(19)27)33-25(34-26)16-7-8-36-21(10-16)17-11-30-35(12-17)18-4-5-18/h3,6,9,11-12,16,18,21,24H,4-5,7-8,10H2,1-2H3/t16-,21-/m1/s1. The van der Waals surface area contributed by atoms with E-state index < -0.39 is 12.2 Å². The molecule has 0 spiro atoms. The highest BCUT2D eigenvalue weighted by Crippen LogP contribution is 2.40. The van der Waals surface area contributed by atoms with E-state index in [0.29, 0.717) is 53.9 Å². The summed E-state index contributed by atoms with van der Waals surface area (Å²) in [7, 11) is 0. The van der Waals surface area contributed by atoms with Crippen molar-refractivity contribution in [2.75, 3.05) is 6.61 Å². The summed E-state index contributed by atoms with van der Waals surface area (Å²) in [6.07, 6.45) is 4.64. The third-order valence-electron chi connectivity index (χ3n) is 7.02. The van der Waals surface area contributed by atoms with Gasteiger partial charge in [-0.3, -0.25) is 4.68 Å². The Morgan fingerprint density at radius 2 is 1.83 bits per heavy atom. The molecule has 0 radical (unpaired) electrons. The molecule has 0 unspecified atom stereocenters. The molecular weight excluding hydrogens is 469 g/mol. The fourth-order valence-electron chi connectivity index (χ4n) is 4.68. The fraction of sp³-hybridized carbons (Fsp3) is 0.423. The highest BCUT2D eigenvalue weighted by Gasteiger charge is 2.31. The normalized spacial score (nSPS) is 20.4. The van der Waals surface area contributed by atoms with Gasteiger partial charge in [-0.25, -0.2) is 33.1 Å². The molecule has 2 aliphatic rings. The summed E-state index contributed by atoms with van der Waals surface area (Å²) < 4.78 is 49.4. The summed E-state index contributed by atoms with van der Waals surface area (Å²) in [6.45, 7) is 4.17. The average molecular weight is 495 g/mol. The quantitative estimate of drug-likeness (QED) is 0.341. The second-order valence-electron chi connectivity index (χ2n) is 9.60. The van der Waals surface area contributed by atoms with Crippen molar-refractivity contribution in [3.05, 3.63) is 64.7 Å². The molecule has 1 saturated heterocycles. The number of hydrogen-bond acceptors (Lipinski definition) is 6. The van der Waals surface area contributed by atoms with Gasteiger partial charge in [0, 0.05) is 35.4 Å². The predicted molar refractivity (Wildman–Crippen MR) is 126 cm³/mol. The second kappa shape index (κ2) is 8.92. The number of halogens is 3. The Morgan fingerprint density at radius 1 is 1.03 bits per heavy atom. The first-order valence-electron chi connectivity index (χ1n) is 12.1. The maximum absolute atomic E-state index is 15.1. The number of ether oxygens (including phenoxy) is 1. The lowest BCUT2D eigenvalue weighted by Crippen LogP contribution is -2.20. The van der Waals surface area contributed by atoms with Gasteiger partial charge in [0.25, 0.3) is 6.43 Å². The van der Waals surface area contributed by atoms with Gasteiger partial charge < -0.3 is 4.74 Å². The van der Waals surface area contributed by atoms with E-state index >= 15 is 4.39 Å². The molecule has 1 aliphatic heterocycles. The van der Waals surface area contributed by atoms with E-state index in [1.54, 1.807) is 6.92 Å². The molecule has 1 saturated carbocycles. The summed E-state index contributed by atoms with van der Waals surface area (Å²) in [4.78, 5) is 18.7. The van der Waals surface area contributed by atoms with Gasteiger partial charge >= 0.3 is 0 Å². The van der Waals surface area contributed by atoms with Crippen LogP contribution in [0.4, 0.5) is 13.2 Å². The molecule has 186 valence electrons. The van der Waals surface area contributed by atoms with Crippen LogP contribution >= 0.6 is 0 Å². The third-order valence-corrected chi connectivity index (χ3v) is 7.02. The highest BCUT2D eigenvalue weighted by atomic mass is 19.3. The highest BCUT2D eigenvalue weighted by molar-refractivity contribution is 5.87. The number of alkyl halides is 2. The van der Waals surface area contributed by atoms with Crippen molar-refractivity contribution in [2.45, 2.75) is 64.0 Å². The smallest absolute Gasteiger partial charge is 0.263 e. The van der Waals surface area contributed by atoms with Crippen LogP contribution in [0.3, 0.4) is 0 Å². The number of hydrogen-bond donors (Lipinski definition) is 0. The molecule has 7 nitrogen and oxygen atoms in total. The molecule has 2 atom stereocenters. The fourth-order valence-corrected chi connectivity index (χ4v) is 4.68. The molecule has 0 bridgehead atoms. The molecule has 3 aromatic heterocycles. The summed E-state index contributed by atoms with van der Waals surface area (Å²) >= 11 is 0. The molecule has 2 fully saturated rings. The number of aromatic nitrogens is 6. The Kier molecular flexibility index (Phi) is 5.70. The van der Waals surface area contributed by atoms with Gasteiger partial charge in [-0.05, 0) is 51.7 Å². The monoisotopic (exact) mass is 494 g/mol. The van der Waals surface area contributed by atoms with Crippen LogP contribution in [0.2, 0.25) is 0 Å². The van der Waals surface area contributed by atoms with Crippen LogP contribution in [0.1, 0.15) is 78.5 Å². The molecule has 0 N–H and O–H groups in total. The van der Waals surface area contributed by atoms with Gasteiger partial charge in [-0.15, -0.1) is 0 Å². The van der Waals surface area contributed by atoms with Gasteiger partial charge in [0.05, 0.1) is 29.7 Å². The van der Waals surface area contributed by atoms with E-state index in [2.05, 4.69) is 21.3 Å². The third kappa shape index (κ3) is 4.23. The Balaban J connectivity index is 1.41. The van der Waals surface area contributed by atoms with Crippen molar-refractivity contribution in [3.8, 4) is 11.3 Å². The molecule has 0 amide bonds. The van der Waals surface area contributed by atoms with Crippen molar-refractivity contribution in [2.24, 2.45) is 0 Å². The first kappa shape index (κ1) is 23.0. The van der Waals surface area contributed by atoms with Crippen LogP contribution in [0.25, 0.3) is 22.4 Å². The zero-order chi connectivity index (χ0) is 25.0. The van der Waals surface area contributed by atoms with E-state index in [9.17, 15) is 8.78 Å². The van der Waals surface area contributed by atoms with Gasteiger partial charge in [0.1, 0.15) is 22.9 Å². The summed E-state index contributed by atoms with van der Waals surface area (Å²) in [5.41, 5.74) is 3.08. The Bertz CT molecular complexity index is 1450. The molecule has 1 aromatic carbocycles. The molecule has 1 aliphatic carbocycles. The Labute approximate surface area is 205 Å². The number of aryl methyl sites for hydroxylation is 2. The van der Waals surface area contributed by atoms with Crippen molar-refractivity contribution >= 4 is 11.2 Å². The number of fused-ring (bicyclic) bond motifs is 1. The Hall–Kier alpha value is -3.40. The second-order valence-corrected chi connectivity index (χ2v) is 9.60. The van der Waals surface area contributed by atoms with Crippen molar-refractivity contribution < 1.29 is 17.9 Å². The molecule has 4 heterocycles. The average Bonchev–Trinajstić information content (AvgIpc) is 3.60. The van der Waals surface area contributed by atoms with E-state index in [1.807, 2.05) is 17.8 Å². The molecule has 4 aromatic rings. The van der Waals surface area contributed by atoms with Crippen LogP contribution in [-0.4, -0.2) is 36.3 Å². The van der Waals surface area contributed by atoms with Crippen LogP contribution in [-0.2, 0) is 4.74 Å². The zero-order valence-electron chi connectivity index (χ0n) is 20.0. The first-order valence-corrected chi connectivity index (χ1v) is 12.1. The predicted octanol–water partition coefficient (Wildman–Crippen LogP) is 5.95. The van der Waals surface area contributed by atoms with Crippen molar-refractivity contribution in [1.29, 1.82) is 0 Å². The topological polar surface area (TPSA) is 78.6 Å². The van der Waals surface area contributed by atoms with Crippen LogP contribution in [0.5, 0.6) is 0 Å². The summed E-state index contributed by atoms with van der Waals surface area (Å²) in [6, 6.07) is 3.89. The minimum Gasteiger partial charge on any atom is -0.373 e. The van der Waals surface area contributed by atoms with E-state index in [4.69, 9.17) is 14.7 Å². The van der Waals surface area contributed by atoms with Gasteiger partial charge in [0.2, 0.25) is 0 Å². The lowest BCUT2D eigenvalue weighted by Gasteiger charge is -2.28. The van der Waals surface area contributed by atoms with E-state index in [0.717, 1.165) is 24.5 Å². The van der Waals surface area contributed by atoms with Gasteiger partial charge in [-0.2, -0.15) is 5.10 Å². The van der Waals surface area contributed by atoms with Crippen molar-refractivity contribution in [3.63, 3.8) is 0 Å². The maximum Gasteiger partial charge on any atom is 0.263 e. The number of rotatable bonds is 5. The van der Waals surface area contributed by atoms with Gasteiger partial charge in [0.15, 0.2) is 5.65 Å². The van der Waals surface area contributed by atoms with Crippen LogP contribution < -0.4 is 0 Å². The van der Waals surface area contributed by atoms with Crippen LogP contribution in [0, 0.1) is 19.7 Å². The van der Waals surface area contributed by atoms with Crippen molar-refractivity contribution in [1.82, 2.24) is 29.7 Å². The molecular formula is C26H25F3N6O. The molecule has 10 heteroatoms.